The second-order valence-electron chi connectivity index (χ2n) is 6.53. The van der Waals surface area contributed by atoms with Crippen LogP contribution in [-0.2, 0) is 9.53 Å². The first-order valence-corrected chi connectivity index (χ1v) is 8.83. The fraction of sp³-hybridized carbons (Fsp3) is 0.227. The Hall–Kier alpha value is -3.21. The molecule has 0 aliphatic heterocycles. The molecule has 5 nitrogen and oxygen atoms in total. The Morgan fingerprint density at radius 2 is 1.89 bits per heavy atom. The van der Waals surface area contributed by atoms with Crippen molar-refractivity contribution >= 4 is 11.8 Å². The lowest BCUT2D eigenvalue weighted by Gasteiger charge is -2.16. The van der Waals surface area contributed by atoms with E-state index >= 15 is 0 Å². The first-order valence-electron chi connectivity index (χ1n) is 8.83. The van der Waals surface area contributed by atoms with Crippen molar-refractivity contribution in [2.75, 3.05) is 7.11 Å². The van der Waals surface area contributed by atoms with Crippen molar-refractivity contribution in [3.8, 4) is 11.1 Å². The standard InChI is InChI=1S/C22H22N2O3/c1-15-10-17(8-9-20(15)19-13-23-24-14-19)21(25)11-18(12-22(26)27-2)16-6-4-3-5-7-16/h3-10,13-14,18H,11-12H2,1-2H3,(H,23,24)/t18-/m1/s1. The van der Waals surface area contributed by atoms with Gasteiger partial charge in [0.1, 0.15) is 0 Å². The van der Waals surface area contributed by atoms with Crippen LogP contribution in [0.25, 0.3) is 11.1 Å². The van der Waals surface area contributed by atoms with E-state index in [2.05, 4.69) is 10.2 Å². The van der Waals surface area contributed by atoms with Gasteiger partial charge in [0.15, 0.2) is 5.78 Å². The zero-order chi connectivity index (χ0) is 19.2. The van der Waals surface area contributed by atoms with Crippen LogP contribution < -0.4 is 0 Å². The van der Waals surface area contributed by atoms with Gasteiger partial charge in [0, 0.05) is 29.7 Å². The minimum Gasteiger partial charge on any atom is -0.469 e. The Kier molecular flexibility index (Phi) is 5.81. The Bertz CT molecular complexity index is 918. The van der Waals surface area contributed by atoms with E-state index in [9.17, 15) is 9.59 Å². The van der Waals surface area contributed by atoms with Gasteiger partial charge in [-0.2, -0.15) is 5.10 Å². The number of aryl methyl sites for hydroxylation is 1. The molecule has 0 radical (unpaired) electrons. The number of ketones is 1. The van der Waals surface area contributed by atoms with Gasteiger partial charge in [0.25, 0.3) is 0 Å². The average Bonchev–Trinajstić information content (AvgIpc) is 3.22. The third-order valence-electron chi connectivity index (χ3n) is 4.70. The summed E-state index contributed by atoms with van der Waals surface area (Å²) in [7, 11) is 1.37. The molecular formula is C22H22N2O3. The molecule has 138 valence electrons. The molecule has 0 spiro atoms. The summed E-state index contributed by atoms with van der Waals surface area (Å²) in [5.41, 5.74) is 4.63. The van der Waals surface area contributed by atoms with Gasteiger partial charge in [-0.3, -0.25) is 14.7 Å². The SMILES string of the molecule is COC(=O)C[C@@H](CC(=O)c1ccc(-c2cn[nH]c2)c(C)c1)c1ccccc1. The molecule has 0 saturated carbocycles. The van der Waals surface area contributed by atoms with Crippen LogP contribution in [0, 0.1) is 6.92 Å². The molecule has 1 heterocycles. The number of carbonyl (C=O) groups excluding carboxylic acids is 2. The van der Waals surface area contributed by atoms with Crippen molar-refractivity contribution in [1.82, 2.24) is 10.2 Å². The third kappa shape index (κ3) is 4.50. The van der Waals surface area contributed by atoms with Crippen LogP contribution in [0.3, 0.4) is 0 Å². The lowest BCUT2D eigenvalue weighted by atomic mass is 9.88. The minimum atomic E-state index is -0.317. The Morgan fingerprint density at radius 3 is 2.52 bits per heavy atom. The normalized spacial score (nSPS) is 11.8. The zero-order valence-electron chi connectivity index (χ0n) is 15.4. The molecule has 3 rings (SSSR count). The maximum Gasteiger partial charge on any atom is 0.306 e. The average molecular weight is 362 g/mol. The molecule has 5 heteroatoms. The van der Waals surface area contributed by atoms with E-state index in [0.717, 1.165) is 22.3 Å². The molecule has 0 fully saturated rings. The third-order valence-corrected chi connectivity index (χ3v) is 4.70. The summed E-state index contributed by atoms with van der Waals surface area (Å²) in [5.74, 6) is -0.516. The first kappa shape index (κ1) is 18.6. The highest BCUT2D eigenvalue weighted by atomic mass is 16.5. The molecule has 0 amide bonds. The van der Waals surface area contributed by atoms with Crippen LogP contribution in [0.2, 0.25) is 0 Å². The number of Topliss-reactive ketones (excluding diaryl/α,β-unsaturated/α-hetero) is 1. The highest BCUT2D eigenvalue weighted by Gasteiger charge is 2.21. The molecule has 3 aromatic rings. The maximum atomic E-state index is 12.9. The summed E-state index contributed by atoms with van der Waals surface area (Å²) in [5, 5.41) is 6.77. The first-order chi connectivity index (χ1) is 13.1. The van der Waals surface area contributed by atoms with Gasteiger partial charge in [-0.15, -0.1) is 0 Å². The molecule has 2 aromatic carbocycles. The zero-order valence-corrected chi connectivity index (χ0v) is 15.4. The van der Waals surface area contributed by atoms with Gasteiger partial charge in [-0.05, 0) is 29.7 Å². The van der Waals surface area contributed by atoms with Crippen molar-refractivity contribution in [1.29, 1.82) is 0 Å². The number of hydrogen-bond acceptors (Lipinski definition) is 4. The number of aromatic nitrogens is 2. The molecule has 0 saturated heterocycles. The molecule has 0 aliphatic carbocycles. The Morgan fingerprint density at radius 1 is 1.11 bits per heavy atom. The number of carbonyl (C=O) groups is 2. The summed E-state index contributed by atoms with van der Waals surface area (Å²) >= 11 is 0. The quantitative estimate of drug-likeness (QED) is 0.502. The topological polar surface area (TPSA) is 72.1 Å². The maximum absolute atomic E-state index is 12.9. The van der Waals surface area contributed by atoms with Gasteiger partial charge in [0.2, 0.25) is 0 Å². The molecule has 1 N–H and O–H groups in total. The fourth-order valence-corrected chi connectivity index (χ4v) is 3.22. The number of nitrogens with one attached hydrogen (secondary N) is 1. The lowest BCUT2D eigenvalue weighted by molar-refractivity contribution is -0.141. The molecule has 1 atom stereocenters. The second-order valence-corrected chi connectivity index (χ2v) is 6.53. The molecule has 0 bridgehead atoms. The molecule has 1 aromatic heterocycles. The number of nitrogens with zero attached hydrogens (tertiary/aromatic N) is 1. The van der Waals surface area contributed by atoms with E-state index in [4.69, 9.17) is 4.74 Å². The number of ether oxygens (including phenoxy) is 1. The van der Waals surface area contributed by atoms with Crippen LogP contribution in [0.5, 0.6) is 0 Å². The van der Waals surface area contributed by atoms with E-state index in [-0.39, 0.29) is 30.5 Å². The summed E-state index contributed by atoms with van der Waals surface area (Å²) in [6.45, 7) is 1.97. The van der Waals surface area contributed by atoms with E-state index in [1.54, 1.807) is 6.20 Å². The molecule has 0 aliphatic rings. The summed E-state index contributed by atoms with van der Waals surface area (Å²) in [6, 6.07) is 15.3. The van der Waals surface area contributed by atoms with Crippen molar-refractivity contribution in [3.05, 3.63) is 77.6 Å². The van der Waals surface area contributed by atoms with Crippen molar-refractivity contribution in [2.24, 2.45) is 0 Å². The van der Waals surface area contributed by atoms with Crippen molar-refractivity contribution in [3.63, 3.8) is 0 Å². The van der Waals surface area contributed by atoms with Crippen LogP contribution in [0.15, 0.2) is 60.9 Å². The lowest BCUT2D eigenvalue weighted by Crippen LogP contribution is -2.13. The van der Waals surface area contributed by atoms with Gasteiger partial charge in [-0.25, -0.2) is 0 Å². The Labute approximate surface area is 158 Å². The van der Waals surface area contributed by atoms with Crippen molar-refractivity contribution < 1.29 is 14.3 Å². The van der Waals surface area contributed by atoms with E-state index in [1.807, 2.05) is 61.7 Å². The summed E-state index contributed by atoms with van der Waals surface area (Å²) in [6.07, 6.45) is 4.01. The predicted molar refractivity (Wildman–Crippen MR) is 104 cm³/mol. The monoisotopic (exact) mass is 362 g/mol. The van der Waals surface area contributed by atoms with Gasteiger partial charge in [0.05, 0.1) is 19.7 Å². The van der Waals surface area contributed by atoms with Crippen LogP contribution in [0.4, 0.5) is 0 Å². The van der Waals surface area contributed by atoms with E-state index < -0.39 is 0 Å². The van der Waals surface area contributed by atoms with Crippen LogP contribution in [-0.4, -0.2) is 29.1 Å². The largest absolute Gasteiger partial charge is 0.469 e. The number of benzene rings is 2. The number of H-pyrrole nitrogens is 1. The summed E-state index contributed by atoms with van der Waals surface area (Å²) in [4.78, 5) is 24.7. The Balaban J connectivity index is 1.81. The summed E-state index contributed by atoms with van der Waals surface area (Å²) < 4.78 is 4.81. The smallest absolute Gasteiger partial charge is 0.306 e. The van der Waals surface area contributed by atoms with E-state index in [0.29, 0.717) is 5.56 Å². The molecule has 27 heavy (non-hydrogen) atoms. The van der Waals surface area contributed by atoms with Gasteiger partial charge >= 0.3 is 5.97 Å². The predicted octanol–water partition coefficient (Wildman–Crippen LogP) is 4.30. The number of rotatable bonds is 7. The molecular weight excluding hydrogens is 340 g/mol. The second kappa shape index (κ2) is 8.45. The molecule has 0 unspecified atom stereocenters. The van der Waals surface area contributed by atoms with E-state index in [1.165, 1.54) is 7.11 Å². The number of hydrogen-bond donors (Lipinski definition) is 1. The van der Waals surface area contributed by atoms with Crippen molar-refractivity contribution in [2.45, 2.75) is 25.7 Å². The minimum absolute atomic E-state index is 0.00889. The fourth-order valence-electron chi connectivity index (χ4n) is 3.22. The van der Waals surface area contributed by atoms with Crippen LogP contribution >= 0.6 is 0 Å². The van der Waals surface area contributed by atoms with Gasteiger partial charge < -0.3 is 4.74 Å². The highest BCUT2D eigenvalue weighted by Crippen LogP contribution is 2.28. The van der Waals surface area contributed by atoms with Crippen LogP contribution in [0.1, 0.15) is 40.2 Å². The highest BCUT2D eigenvalue weighted by molar-refractivity contribution is 5.97. The van der Waals surface area contributed by atoms with Gasteiger partial charge in [-0.1, -0.05) is 42.5 Å². The number of aromatic amines is 1. The number of esters is 1. The number of methoxy groups -OCH3 is 1.